The summed E-state index contributed by atoms with van der Waals surface area (Å²) < 4.78 is 0. The minimum atomic E-state index is 0.695. The minimum absolute atomic E-state index is 0.695. The van der Waals surface area contributed by atoms with Crippen molar-refractivity contribution in [1.82, 2.24) is 0 Å². The molecule has 114 valence electrons. The van der Waals surface area contributed by atoms with E-state index in [1.807, 2.05) is 24.3 Å². The van der Waals surface area contributed by atoms with Gasteiger partial charge in [-0.1, -0.05) is 42.5 Å². The van der Waals surface area contributed by atoms with E-state index in [-0.39, 0.29) is 0 Å². The van der Waals surface area contributed by atoms with Crippen LogP contribution >= 0.6 is 12.6 Å². The van der Waals surface area contributed by atoms with Gasteiger partial charge in [0.25, 0.3) is 0 Å². The molecule has 0 aromatic heterocycles. The second kappa shape index (κ2) is 7.35. The highest BCUT2D eigenvalue weighted by Crippen LogP contribution is 2.26. The van der Waals surface area contributed by atoms with E-state index in [2.05, 4.69) is 55.1 Å². The summed E-state index contributed by atoms with van der Waals surface area (Å²) in [7, 11) is 0. The van der Waals surface area contributed by atoms with Crippen LogP contribution in [0.1, 0.15) is 24.0 Å². The second-order valence-electron chi connectivity index (χ2n) is 5.77. The number of unbranched alkanes of at least 4 members (excludes halogenated alkanes) is 1. The molecule has 0 aliphatic carbocycles. The number of hydrogen-bond acceptors (Lipinski definition) is 2. The second-order valence-corrected chi connectivity index (χ2v) is 6.21. The summed E-state index contributed by atoms with van der Waals surface area (Å²) in [6.07, 6.45) is 3.48. The van der Waals surface area contributed by atoms with Crippen LogP contribution in [0.15, 0.2) is 60.7 Å². The molecule has 0 saturated heterocycles. The highest BCUT2D eigenvalue weighted by molar-refractivity contribution is 7.80. The predicted octanol–water partition coefficient (Wildman–Crippen LogP) is 5.63. The van der Waals surface area contributed by atoms with Gasteiger partial charge in [-0.15, -0.1) is 0 Å². The van der Waals surface area contributed by atoms with E-state index in [0.717, 1.165) is 17.7 Å². The van der Waals surface area contributed by atoms with Gasteiger partial charge in [0.05, 0.1) is 11.6 Å². The molecule has 0 amide bonds. The van der Waals surface area contributed by atoms with Crippen LogP contribution in [0.5, 0.6) is 0 Å². The Bertz CT molecular complexity index is 844. The van der Waals surface area contributed by atoms with Crippen molar-refractivity contribution >= 4 is 23.4 Å². The number of nitriles is 1. The fraction of sp³-hybridized carbons (Fsp3) is 0.190. The normalized spacial score (nSPS) is 10.6. The van der Waals surface area contributed by atoms with E-state index in [1.165, 1.54) is 34.7 Å². The Labute approximate surface area is 143 Å². The fourth-order valence-electron chi connectivity index (χ4n) is 2.81. The zero-order valence-corrected chi connectivity index (χ0v) is 13.9. The Morgan fingerprint density at radius 3 is 2.22 bits per heavy atom. The van der Waals surface area contributed by atoms with Gasteiger partial charge >= 0.3 is 0 Å². The average molecular weight is 317 g/mol. The first-order chi connectivity index (χ1) is 11.3. The molecule has 0 atom stereocenters. The molecule has 3 rings (SSSR count). The molecule has 0 fully saturated rings. The van der Waals surface area contributed by atoms with E-state index in [9.17, 15) is 0 Å². The number of nitrogens with zero attached hydrogens (tertiary/aromatic N) is 1. The molecule has 3 aromatic rings. The first-order valence-corrected chi connectivity index (χ1v) is 8.57. The van der Waals surface area contributed by atoms with E-state index in [1.54, 1.807) is 0 Å². The molecular weight excluding hydrogens is 298 g/mol. The summed E-state index contributed by atoms with van der Waals surface area (Å²) in [6.45, 7) is 0. The maximum absolute atomic E-state index is 8.89. The molecule has 0 saturated carbocycles. The summed E-state index contributed by atoms with van der Waals surface area (Å²) in [4.78, 5) is 0. The lowest BCUT2D eigenvalue weighted by atomic mass is 9.98. The summed E-state index contributed by atoms with van der Waals surface area (Å²) in [5, 5.41) is 11.4. The molecule has 1 nitrogen and oxygen atoms in total. The maximum Gasteiger partial charge on any atom is 0.0991 e. The topological polar surface area (TPSA) is 23.8 Å². The molecular formula is C21H19NS. The van der Waals surface area contributed by atoms with Gasteiger partial charge < -0.3 is 0 Å². The minimum Gasteiger partial charge on any atom is -0.192 e. The molecule has 0 unspecified atom stereocenters. The fourth-order valence-corrected chi connectivity index (χ4v) is 3.03. The van der Waals surface area contributed by atoms with E-state index in [0.29, 0.717) is 5.56 Å². The van der Waals surface area contributed by atoms with Crippen molar-refractivity contribution in [1.29, 1.82) is 5.26 Å². The van der Waals surface area contributed by atoms with Gasteiger partial charge in [0.15, 0.2) is 0 Å². The Morgan fingerprint density at radius 1 is 0.783 bits per heavy atom. The van der Waals surface area contributed by atoms with Crippen molar-refractivity contribution in [3.8, 4) is 17.2 Å². The van der Waals surface area contributed by atoms with Crippen molar-refractivity contribution in [2.45, 2.75) is 19.3 Å². The third kappa shape index (κ3) is 3.75. The molecule has 0 aliphatic rings. The highest BCUT2D eigenvalue weighted by atomic mass is 32.1. The zero-order chi connectivity index (χ0) is 16.1. The Balaban J connectivity index is 1.87. The van der Waals surface area contributed by atoms with Gasteiger partial charge in [0.2, 0.25) is 0 Å². The van der Waals surface area contributed by atoms with Gasteiger partial charge in [-0.2, -0.15) is 17.9 Å². The van der Waals surface area contributed by atoms with Crippen molar-refractivity contribution in [2.24, 2.45) is 0 Å². The lowest BCUT2D eigenvalue weighted by Crippen LogP contribution is -1.87. The molecule has 0 heterocycles. The number of hydrogen-bond donors (Lipinski definition) is 1. The van der Waals surface area contributed by atoms with Crippen LogP contribution in [0, 0.1) is 11.3 Å². The van der Waals surface area contributed by atoms with Crippen molar-refractivity contribution < 1.29 is 0 Å². The first kappa shape index (κ1) is 15.6. The molecule has 2 heteroatoms. The summed E-state index contributed by atoms with van der Waals surface area (Å²) in [5.41, 5.74) is 4.42. The smallest absolute Gasteiger partial charge is 0.0991 e. The highest BCUT2D eigenvalue weighted by Gasteiger charge is 2.02. The standard InChI is InChI=1S/C21H19NS/c22-15-17-5-7-18(8-6-17)20-11-10-19-13-16(3-1-2-12-23)4-9-21(19)14-20/h4-11,13-14,23H,1-3,12H2. The third-order valence-corrected chi connectivity index (χ3v) is 4.44. The van der Waals surface area contributed by atoms with Crippen LogP contribution in [0.3, 0.4) is 0 Å². The predicted molar refractivity (Wildman–Crippen MR) is 101 cm³/mol. The largest absolute Gasteiger partial charge is 0.192 e. The summed E-state index contributed by atoms with van der Waals surface area (Å²) in [5.74, 6) is 0.960. The van der Waals surface area contributed by atoms with E-state index in [4.69, 9.17) is 5.26 Å². The van der Waals surface area contributed by atoms with Gasteiger partial charge in [-0.3, -0.25) is 0 Å². The lowest BCUT2D eigenvalue weighted by Gasteiger charge is -2.07. The summed E-state index contributed by atoms with van der Waals surface area (Å²) >= 11 is 4.27. The van der Waals surface area contributed by atoms with Crippen LogP contribution < -0.4 is 0 Å². The van der Waals surface area contributed by atoms with E-state index >= 15 is 0 Å². The molecule has 3 aromatic carbocycles. The van der Waals surface area contributed by atoms with Gasteiger partial charge in [0.1, 0.15) is 0 Å². The number of thiol groups is 1. The molecule has 0 spiro atoms. The molecule has 0 N–H and O–H groups in total. The average Bonchev–Trinajstić information content (AvgIpc) is 2.61. The van der Waals surface area contributed by atoms with Crippen molar-refractivity contribution in [2.75, 3.05) is 5.75 Å². The van der Waals surface area contributed by atoms with Crippen LogP contribution in [0.2, 0.25) is 0 Å². The number of aryl methyl sites for hydroxylation is 1. The van der Waals surface area contributed by atoms with Gasteiger partial charge in [-0.25, -0.2) is 0 Å². The lowest BCUT2D eigenvalue weighted by molar-refractivity contribution is 0.805. The molecule has 0 bridgehead atoms. The third-order valence-electron chi connectivity index (χ3n) is 4.13. The number of rotatable bonds is 5. The Hall–Kier alpha value is -2.24. The van der Waals surface area contributed by atoms with E-state index < -0.39 is 0 Å². The SMILES string of the molecule is N#Cc1ccc(-c2ccc3cc(CCCCS)ccc3c2)cc1. The van der Waals surface area contributed by atoms with Crippen molar-refractivity contribution in [3.05, 3.63) is 71.8 Å². The van der Waals surface area contributed by atoms with Crippen LogP contribution in [0.4, 0.5) is 0 Å². The molecule has 0 radical (unpaired) electrons. The van der Waals surface area contributed by atoms with Crippen LogP contribution in [-0.4, -0.2) is 5.75 Å². The number of benzene rings is 3. The maximum atomic E-state index is 8.89. The van der Waals surface area contributed by atoms with Gasteiger partial charge in [0, 0.05) is 0 Å². The number of fused-ring (bicyclic) bond motifs is 1. The van der Waals surface area contributed by atoms with Gasteiger partial charge in [-0.05, 0) is 70.7 Å². The molecule has 23 heavy (non-hydrogen) atoms. The Morgan fingerprint density at radius 2 is 1.48 bits per heavy atom. The monoisotopic (exact) mass is 317 g/mol. The summed E-state index contributed by atoms with van der Waals surface area (Å²) in [6, 6.07) is 23.2. The van der Waals surface area contributed by atoms with Crippen LogP contribution in [0.25, 0.3) is 21.9 Å². The van der Waals surface area contributed by atoms with Crippen molar-refractivity contribution in [3.63, 3.8) is 0 Å². The molecule has 0 aliphatic heterocycles. The van der Waals surface area contributed by atoms with Crippen LogP contribution in [-0.2, 0) is 6.42 Å². The quantitative estimate of drug-likeness (QED) is 0.478. The Kier molecular flexibility index (Phi) is 5.00. The zero-order valence-electron chi connectivity index (χ0n) is 13.0. The first-order valence-electron chi connectivity index (χ1n) is 7.94.